The van der Waals surface area contributed by atoms with Crippen molar-refractivity contribution in [2.75, 3.05) is 0 Å². The number of ether oxygens (including phenoxy) is 1. The molecule has 23 heavy (non-hydrogen) atoms. The molecule has 0 heterocycles. The maximum absolute atomic E-state index is 12.8. The van der Waals surface area contributed by atoms with Crippen LogP contribution in [0.1, 0.15) is 22.3 Å². The number of rotatable bonds is 7. The van der Waals surface area contributed by atoms with Gasteiger partial charge in [-0.15, -0.1) is 0 Å². The molecule has 0 saturated heterocycles. The number of aliphatic carboxylic acids is 1. The summed E-state index contributed by atoms with van der Waals surface area (Å²) in [6.07, 6.45) is -0.698. The molecular formula is C17H13FO5. The molecular weight excluding hydrogens is 303 g/mol. The fourth-order valence-electron chi connectivity index (χ4n) is 1.83. The lowest BCUT2D eigenvalue weighted by molar-refractivity contribution is -0.148. The lowest BCUT2D eigenvalue weighted by Gasteiger charge is -2.07. The van der Waals surface area contributed by atoms with Crippen LogP contribution in [0.15, 0.2) is 48.5 Å². The number of carbonyl (C=O) groups excluding carboxylic acids is 2. The van der Waals surface area contributed by atoms with Crippen LogP contribution in [0.4, 0.5) is 4.39 Å². The van der Waals surface area contributed by atoms with E-state index in [1.165, 1.54) is 24.3 Å². The van der Waals surface area contributed by atoms with Gasteiger partial charge in [0.1, 0.15) is 18.2 Å². The predicted octanol–water partition coefficient (Wildman–Crippen LogP) is 2.63. The minimum atomic E-state index is -1.64. The maximum atomic E-state index is 12.8. The molecule has 0 aliphatic rings. The van der Waals surface area contributed by atoms with Crippen LogP contribution in [0.25, 0.3) is 0 Å². The van der Waals surface area contributed by atoms with Gasteiger partial charge in [0.05, 0.1) is 6.42 Å². The van der Waals surface area contributed by atoms with E-state index in [2.05, 4.69) is 0 Å². The Bertz CT molecular complexity index is 737. The van der Waals surface area contributed by atoms with Crippen molar-refractivity contribution in [1.82, 2.24) is 0 Å². The number of hydrogen-bond donors (Lipinski definition) is 1. The quantitative estimate of drug-likeness (QED) is 0.482. The van der Waals surface area contributed by atoms with Gasteiger partial charge >= 0.3 is 5.97 Å². The summed E-state index contributed by atoms with van der Waals surface area (Å²) in [5.41, 5.74) is 0.945. The Labute approximate surface area is 131 Å². The topological polar surface area (TPSA) is 80.7 Å². The zero-order chi connectivity index (χ0) is 16.8. The smallest absolute Gasteiger partial charge is 0.372 e. The highest BCUT2D eigenvalue weighted by atomic mass is 19.1. The Hall–Kier alpha value is -3.02. The van der Waals surface area contributed by atoms with Gasteiger partial charge in [-0.3, -0.25) is 9.59 Å². The Kier molecular flexibility index (Phi) is 5.19. The number of carbonyl (C=O) groups is 3. The summed E-state index contributed by atoms with van der Waals surface area (Å²) in [5, 5.41) is 8.51. The molecule has 6 heteroatoms. The summed E-state index contributed by atoms with van der Waals surface area (Å²) in [4.78, 5) is 33.4. The fourth-order valence-corrected chi connectivity index (χ4v) is 1.83. The molecule has 1 N–H and O–H groups in total. The first-order valence-corrected chi connectivity index (χ1v) is 6.72. The SMILES string of the molecule is O=C(O)C(=O)CC(=O)c1cccc(OCc2ccc(F)cc2)c1. The second-order valence-electron chi connectivity index (χ2n) is 4.77. The van der Waals surface area contributed by atoms with Gasteiger partial charge in [0, 0.05) is 5.56 Å². The van der Waals surface area contributed by atoms with Gasteiger partial charge in [-0.25, -0.2) is 9.18 Å². The third-order valence-corrected chi connectivity index (χ3v) is 3.03. The monoisotopic (exact) mass is 316 g/mol. The molecule has 2 rings (SSSR count). The molecule has 118 valence electrons. The van der Waals surface area contributed by atoms with E-state index in [9.17, 15) is 18.8 Å². The molecule has 2 aromatic carbocycles. The summed E-state index contributed by atoms with van der Waals surface area (Å²) >= 11 is 0. The lowest BCUT2D eigenvalue weighted by Crippen LogP contribution is -2.17. The number of carboxylic acids is 1. The van der Waals surface area contributed by atoms with Gasteiger partial charge in [-0.2, -0.15) is 0 Å². The van der Waals surface area contributed by atoms with Gasteiger partial charge < -0.3 is 9.84 Å². The molecule has 0 bridgehead atoms. The summed E-state index contributed by atoms with van der Waals surface area (Å²) in [6.45, 7) is 0.186. The zero-order valence-electron chi connectivity index (χ0n) is 12.0. The maximum Gasteiger partial charge on any atom is 0.372 e. The minimum Gasteiger partial charge on any atom is -0.489 e. The number of halogens is 1. The molecule has 2 aromatic rings. The second-order valence-corrected chi connectivity index (χ2v) is 4.77. The van der Waals surface area contributed by atoms with Crippen molar-refractivity contribution in [2.45, 2.75) is 13.0 Å². The lowest BCUT2D eigenvalue weighted by atomic mass is 10.1. The van der Waals surface area contributed by atoms with Crippen LogP contribution in [0.3, 0.4) is 0 Å². The Balaban J connectivity index is 2.01. The average Bonchev–Trinajstić information content (AvgIpc) is 2.54. The van der Waals surface area contributed by atoms with Crippen molar-refractivity contribution in [3.63, 3.8) is 0 Å². The highest BCUT2D eigenvalue weighted by Crippen LogP contribution is 2.17. The number of carboxylic acid groups (broad SMARTS) is 1. The first-order valence-electron chi connectivity index (χ1n) is 6.72. The van der Waals surface area contributed by atoms with Crippen molar-refractivity contribution < 1.29 is 28.6 Å². The van der Waals surface area contributed by atoms with Crippen LogP contribution < -0.4 is 4.74 Å². The molecule has 5 nitrogen and oxygen atoms in total. The second kappa shape index (κ2) is 7.31. The van der Waals surface area contributed by atoms with Gasteiger partial charge in [-0.05, 0) is 29.8 Å². The standard InChI is InChI=1S/C17H13FO5/c18-13-6-4-11(5-7-13)10-23-14-3-1-2-12(8-14)15(19)9-16(20)17(21)22/h1-8H,9-10H2,(H,21,22). The number of Topliss-reactive ketones (excluding diaryl/α,β-unsaturated/α-hetero) is 2. The largest absolute Gasteiger partial charge is 0.489 e. The van der Waals surface area contributed by atoms with Crippen LogP contribution >= 0.6 is 0 Å². The van der Waals surface area contributed by atoms with Crippen molar-refractivity contribution in [1.29, 1.82) is 0 Å². The molecule has 0 atom stereocenters. The van der Waals surface area contributed by atoms with E-state index >= 15 is 0 Å². The molecule has 0 aliphatic carbocycles. The molecule has 0 amide bonds. The summed E-state index contributed by atoms with van der Waals surface area (Å²) in [5.74, 6) is -3.34. The molecule has 0 saturated carbocycles. The first kappa shape index (κ1) is 16.4. The minimum absolute atomic E-state index is 0.186. The van der Waals surface area contributed by atoms with Crippen LogP contribution in [0.5, 0.6) is 5.75 Å². The normalized spacial score (nSPS) is 10.1. The van der Waals surface area contributed by atoms with Crippen molar-refractivity contribution in [3.05, 3.63) is 65.5 Å². The third kappa shape index (κ3) is 4.74. The van der Waals surface area contributed by atoms with Gasteiger partial charge in [0.15, 0.2) is 5.78 Å². The molecule has 0 aliphatic heterocycles. The molecule has 0 fully saturated rings. The molecule has 0 spiro atoms. The van der Waals surface area contributed by atoms with Crippen molar-refractivity contribution in [2.24, 2.45) is 0 Å². The van der Waals surface area contributed by atoms with Crippen LogP contribution in [0, 0.1) is 5.82 Å². The predicted molar refractivity (Wildman–Crippen MR) is 78.8 cm³/mol. The molecule has 0 unspecified atom stereocenters. The number of hydrogen-bond acceptors (Lipinski definition) is 4. The Morgan fingerprint density at radius 3 is 2.39 bits per heavy atom. The van der Waals surface area contributed by atoms with Crippen LogP contribution in [0.2, 0.25) is 0 Å². The fraction of sp³-hybridized carbons (Fsp3) is 0.118. The van der Waals surface area contributed by atoms with E-state index in [1.54, 1.807) is 24.3 Å². The highest BCUT2D eigenvalue weighted by molar-refractivity contribution is 6.37. The van der Waals surface area contributed by atoms with E-state index in [0.717, 1.165) is 5.56 Å². The highest BCUT2D eigenvalue weighted by Gasteiger charge is 2.18. The van der Waals surface area contributed by atoms with E-state index in [4.69, 9.17) is 9.84 Å². The van der Waals surface area contributed by atoms with Gasteiger partial charge in [0.2, 0.25) is 5.78 Å². The van der Waals surface area contributed by atoms with Crippen molar-refractivity contribution >= 4 is 17.5 Å². The number of benzene rings is 2. The van der Waals surface area contributed by atoms with E-state index in [-0.39, 0.29) is 18.0 Å². The first-order chi connectivity index (χ1) is 11.0. The molecule has 0 aromatic heterocycles. The third-order valence-electron chi connectivity index (χ3n) is 3.03. The van der Waals surface area contributed by atoms with Gasteiger partial charge in [0.25, 0.3) is 0 Å². The summed E-state index contributed by atoms with van der Waals surface area (Å²) < 4.78 is 18.3. The van der Waals surface area contributed by atoms with E-state index < -0.39 is 24.0 Å². The van der Waals surface area contributed by atoms with E-state index in [1.807, 2.05) is 0 Å². The van der Waals surface area contributed by atoms with Crippen LogP contribution in [-0.4, -0.2) is 22.6 Å². The summed E-state index contributed by atoms with van der Waals surface area (Å²) in [7, 11) is 0. The van der Waals surface area contributed by atoms with Gasteiger partial charge in [-0.1, -0.05) is 24.3 Å². The van der Waals surface area contributed by atoms with Crippen molar-refractivity contribution in [3.8, 4) is 5.75 Å². The Morgan fingerprint density at radius 1 is 1.04 bits per heavy atom. The molecule has 0 radical (unpaired) electrons. The van der Waals surface area contributed by atoms with Crippen LogP contribution in [-0.2, 0) is 16.2 Å². The zero-order valence-corrected chi connectivity index (χ0v) is 12.0. The Morgan fingerprint density at radius 2 is 1.74 bits per heavy atom. The summed E-state index contributed by atoms with van der Waals surface area (Å²) in [6, 6.07) is 11.9. The average molecular weight is 316 g/mol. The van der Waals surface area contributed by atoms with E-state index in [0.29, 0.717) is 5.75 Å². The number of ketones is 2.